The van der Waals surface area contributed by atoms with Crippen LogP contribution in [0, 0.1) is 0 Å². The molecular weight excluding hydrogens is 180 g/mol. The highest BCUT2D eigenvalue weighted by molar-refractivity contribution is 7.85. The molecule has 0 saturated heterocycles. The van der Waals surface area contributed by atoms with Crippen LogP contribution in [0.1, 0.15) is 6.92 Å². The fourth-order valence-corrected chi connectivity index (χ4v) is 1.08. The molecule has 0 rings (SSSR count). The van der Waals surface area contributed by atoms with E-state index in [-0.39, 0.29) is 5.75 Å². The van der Waals surface area contributed by atoms with Gasteiger partial charge in [0.15, 0.2) is 0 Å². The second-order valence-corrected chi connectivity index (χ2v) is 3.96. The van der Waals surface area contributed by atoms with Crippen molar-refractivity contribution in [2.24, 2.45) is 0 Å². The molecule has 0 amide bonds. The van der Waals surface area contributed by atoms with Crippen molar-refractivity contribution >= 4 is 10.1 Å². The van der Waals surface area contributed by atoms with Gasteiger partial charge < -0.3 is 10.6 Å². The molecule has 0 aromatic carbocycles. The monoisotopic (exact) mass is 196 g/mol. The molecule has 0 atom stereocenters. The summed E-state index contributed by atoms with van der Waals surface area (Å²) in [5.41, 5.74) is 0. The van der Waals surface area contributed by atoms with E-state index < -0.39 is 10.1 Å². The summed E-state index contributed by atoms with van der Waals surface area (Å²) in [7, 11) is -3.80. The van der Waals surface area contributed by atoms with Crippen LogP contribution in [0.2, 0.25) is 0 Å². The molecule has 0 saturated carbocycles. The topological polar surface area (TPSA) is 78.4 Å². The first kappa shape index (κ1) is 11.8. The maximum atomic E-state index is 10.2. The van der Waals surface area contributed by atoms with E-state index in [2.05, 4.69) is 10.6 Å². The smallest absolute Gasteiger partial charge is 0.266 e. The zero-order valence-corrected chi connectivity index (χ0v) is 8.02. The van der Waals surface area contributed by atoms with E-state index in [1.165, 1.54) is 0 Å². The fourth-order valence-electron chi connectivity index (χ4n) is 0.680. The van der Waals surface area contributed by atoms with Gasteiger partial charge in [-0.1, -0.05) is 6.92 Å². The van der Waals surface area contributed by atoms with Gasteiger partial charge in [-0.15, -0.1) is 0 Å². The maximum absolute atomic E-state index is 10.2. The van der Waals surface area contributed by atoms with E-state index in [0.29, 0.717) is 13.1 Å². The molecule has 0 heterocycles. The zero-order chi connectivity index (χ0) is 9.45. The molecule has 0 aromatic rings. The fraction of sp³-hybridized carbons (Fsp3) is 1.00. The van der Waals surface area contributed by atoms with Gasteiger partial charge >= 0.3 is 0 Å². The van der Waals surface area contributed by atoms with E-state index in [9.17, 15) is 8.42 Å². The molecule has 0 aromatic heterocycles. The standard InChI is InChI=1S/C6H16N2O3S/c1-2-7-3-4-8-5-6-12(9,10)11/h7-8H,2-6H2,1H3,(H,9,10,11). The molecule has 0 unspecified atom stereocenters. The van der Waals surface area contributed by atoms with E-state index in [4.69, 9.17) is 4.55 Å². The summed E-state index contributed by atoms with van der Waals surface area (Å²) in [5.74, 6) is -0.223. The summed E-state index contributed by atoms with van der Waals surface area (Å²) >= 11 is 0. The van der Waals surface area contributed by atoms with Gasteiger partial charge in [0.05, 0.1) is 5.75 Å². The minimum absolute atomic E-state index is 0.223. The molecular formula is C6H16N2O3S. The van der Waals surface area contributed by atoms with Gasteiger partial charge in [-0.3, -0.25) is 4.55 Å². The SMILES string of the molecule is CCNCCNCCS(=O)(=O)O. The second kappa shape index (κ2) is 6.36. The molecule has 0 bridgehead atoms. The maximum Gasteiger partial charge on any atom is 0.266 e. The highest BCUT2D eigenvalue weighted by atomic mass is 32.2. The first-order valence-corrected chi connectivity index (χ1v) is 5.54. The van der Waals surface area contributed by atoms with E-state index in [0.717, 1.165) is 13.1 Å². The van der Waals surface area contributed by atoms with Crippen LogP contribution in [0.4, 0.5) is 0 Å². The summed E-state index contributed by atoms with van der Waals surface area (Å²) < 4.78 is 28.8. The summed E-state index contributed by atoms with van der Waals surface area (Å²) in [6.07, 6.45) is 0. The number of hydrogen-bond acceptors (Lipinski definition) is 4. The quantitative estimate of drug-likeness (QED) is 0.362. The Labute approximate surface area is 73.3 Å². The van der Waals surface area contributed by atoms with Crippen molar-refractivity contribution in [2.75, 3.05) is 31.9 Å². The lowest BCUT2D eigenvalue weighted by Gasteiger charge is -2.02. The van der Waals surface area contributed by atoms with E-state index in [1.807, 2.05) is 6.92 Å². The predicted molar refractivity (Wildman–Crippen MR) is 47.8 cm³/mol. The Morgan fingerprint density at radius 1 is 1.17 bits per heavy atom. The lowest BCUT2D eigenvalue weighted by atomic mass is 10.5. The zero-order valence-electron chi connectivity index (χ0n) is 7.21. The van der Waals surface area contributed by atoms with Crippen molar-refractivity contribution in [3.63, 3.8) is 0 Å². The number of likely N-dealkylation sites (N-methyl/N-ethyl adjacent to an activating group) is 1. The van der Waals surface area contributed by atoms with Crippen LogP contribution in [-0.2, 0) is 10.1 Å². The minimum atomic E-state index is -3.80. The third kappa shape index (κ3) is 9.83. The Balaban J connectivity index is 3.12. The average Bonchev–Trinajstić information content (AvgIpc) is 1.94. The van der Waals surface area contributed by atoms with Crippen LogP contribution in [-0.4, -0.2) is 44.9 Å². The minimum Gasteiger partial charge on any atom is -0.316 e. The third-order valence-corrected chi connectivity index (χ3v) is 1.99. The Morgan fingerprint density at radius 2 is 1.75 bits per heavy atom. The Hall–Kier alpha value is -0.170. The molecule has 5 nitrogen and oxygen atoms in total. The Bertz CT molecular complexity index is 191. The van der Waals surface area contributed by atoms with Gasteiger partial charge in [-0.05, 0) is 6.54 Å². The number of rotatable bonds is 7. The third-order valence-electron chi connectivity index (χ3n) is 1.27. The summed E-state index contributed by atoms with van der Waals surface area (Å²) in [6, 6.07) is 0. The van der Waals surface area contributed by atoms with Gasteiger partial charge in [-0.2, -0.15) is 8.42 Å². The van der Waals surface area contributed by atoms with Gasteiger partial charge in [-0.25, -0.2) is 0 Å². The molecule has 3 N–H and O–H groups in total. The van der Waals surface area contributed by atoms with Gasteiger partial charge in [0, 0.05) is 19.6 Å². The Kier molecular flexibility index (Phi) is 6.27. The van der Waals surface area contributed by atoms with Gasteiger partial charge in [0.2, 0.25) is 0 Å². The molecule has 74 valence electrons. The predicted octanol–water partition coefficient (Wildman–Crippen LogP) is -0.927. The van der Waals surface area contributed by atoms with Crippen molar-refractivity contribution in [3.8, 4) is 0 Å². The molecule has 0 aliphatic heterocycles. The van der Waals surface area contributed by atoms with Crippen molar-refractivity contribution in [3.05, 3.63) is 0 Å². The van der Waals surface area contributed by atoms with Crippen molar-refractivity contribution in [2.45, 2.75) is 6.92 Å². The van der Waals surface area contributed by atoms with E-state index >= 15 is 0 Å². The molecule has 0 fully saturated rings. The largest absolute Gasteiger partial charge is 0.316 e. The van der Waals surface area contributed by atoms with Crippen molar-refractivity contribution < 1.29 is 13.0 Å². The molecule has 0 radical (unpaired) electrons. The summed E-state index contributed by atoms with van der Waals surface area (Å²) in [5, 5.41) is 5.95. The van der Waals surface area contributed by atoms with Crippen molar-refractivity contribution in [1.82, 2.24) is 10.6 Å². The number of nitrogens with one attached hydrogen (secondary N) is 2. The average molecular weight is 196 g/mol. The molecule has 0 spiro atoms. The van der Waals surface area contributed by atoms with Crippen molar-refractivity contribution in [1.29, 1.82) is 0 Å². The van der Waals surface area contributed by atoms with Gasteiger partial charge in [0.25, 0.3) is 10.1 Å². The lowest BCUT2D eigenvalue weighted by molar-refractivity contribution is 0.480. The van der Waals surface area contributed by atoms with Crippen LogP contribution < -0.4 is 10.6 Å². The molecule has 12 heavy (non-hydrogen) atoms. The second-order valence-electron chi connectivity index (χ2n) is 2.39. The van der Waals surface area contributed by atoms with Crippen LogP contribution in [0.5, 0.6) is 0 Å². The summed E-state index contributed by atoms with van der Waals surface area (Å²) in [4.78, 5) is 0. The Morgan fingerprint density at radius 3 is 2.25 bits per heavy atom. The molecule has 0 aliphatic carbocycles. The van der Waals surface area contributed by atoms with E-state index in [1.54, 1.807) is 0 Å². The highest BCUT2D eigenvalue weighted by Gasteiger charge is 2.01. The highest BCUT2D eigenvalue weighted by Crippen LogP contribution is 1.77. The molecule has 6 heteroatoms. The first-order chi connectivity index (χ1) is 5.56. The summed E-state index contributed by atoms with van der Waals surface area (Å²) in [6.45, 7) is 4.72. The van der Waals surface area contributed by atoms with Crippen LogP contribution >= 0.6 is 0 Å². The van der Waals surface area contributed by atoms with Crippen LogP contribution in [0.25, 0.3) is 0 Å². The lowest BCUT2D eigenvalue weighted by Crippen LogP contribution is -2.30. The van der Waals surface area contributed by atoms with Crippen LogP contribution in [0.15, 0.2) is 0 Å². The first-order valence-electron chi connectivity index (χ1n) is 3.93. The molecule has 0 aliphatic rings. The number of hydrogen-bond donors (Lipinski definition) is 3. The van der Waals surface area contributed by atoms with Gasteiger partial charge in [0.1, 0.15) is 0 Å². The normalized spacial score (nSPS) is 11.8. The van der Waals surface area contributed by atoms with Crippen LogP contribution in [0.3, 0.4) is 0 Å².